The summed E-state index contributed by atoms with van der Waals surface area (Å²) >= 11 is 3.39. The normalized spacial score (nSPS) is 17.9. The van der Waals surface area contributed by atoms with Crippen LogP contribution in [0.3, 0.4) is 0 Å². The molecule has 2 aliphatic rings. The topological polar surface area (TPSA) is 46.1 Å². The van der Waals surface area contributed by atoms with Crippen LogP contribution in [0.5, 0.6) is 0 Å². The van der Waals surface area contributed by atoms with Crippen LogP contribution in [0, 0.1) is 0 Å². The molecule has 0 atom stereocenters. The second-order valence-corrected chi connectivity index (χ2v) is 7.99. The fraction of sp³-hybridized carbons (Fsp3) is 0.562. The lowest BCUT2D eigenvalue weighted by atomic mass is 10.1. The highest BCUT2D eigenvalue weighted by Gasteiger charge is 2.22. The molecule has 1 aliphatic heterocycles. The predicted octanol–water partition coefficient (Wildman–Crippen LogP) is 3.28. The van der Waals surface area contributed by atoms with Crippen molar-refractivity contribution < 1.29 is 4.79 Å². The maximum atomic E-state index is 12.3. The van der Waals surface area contributed by atoms with Crippen LogP contribution in [0.2, 0.25) is 0 Å². The number of thioether (sulfide) groups is 1. The average molecular weight is 333 g/mol. The summed E-state index contributed by atoms with van der Waals surface area (Å²) in [7, 11) is 0. The van der Waals surface area contributed by atoms with Crippen molar-refractivity contribution in [2.45, 2.75) is 43.6 Å². The predicted molar refractivity (Wildman–Crippen MR) is 90.6 cm³/mol. The molecule has 1 fully saturated rings. The third kappa shape index (κ3) is 2.63. The van der Waals surface area contributed by atoms with Crippen LogP contribution in [-0.2, 0) is 17.6 Å². The Labute approximate surface area is 138 Å². The molecule has 4 nitrogen and oxygen atoms in total. The molecule has 0 spiro atoms. The molecule has 6 heteroatoms. The van der Waals surface area contributed by atoms with Gasteiger partial charge in [0.25, 0.3) is 0 Å². The summed E-state index contributed by atoms with van der Waals surface area (Å²) in [6.45, 7) is 1.85. The van der Waals surface area contributed by atoms with E-state index in [2.05, 4.69) is 9.97 Å². The van der Waals surface area contributed by atoms with Gasteiger partial charge < -0.3 is 4.90 Å². The molecular weight excluding hydrogens is 314 g/mol. The molecule has 0 N–H and O–H groups in total. The van der Waals surface area contributed by atoms with Gasteiger partial charge in [-0.2, -0.15) is 0 Å². The van der Waals surface area contributed by atoms with Crippen molar-refractivity contribution in [2.75, 3.05) is 18.8 Å². The zero-order valence-electron chi connectivity index (χ0n) is 12.5. The van der Waals surface area contributed by atoms with E-state index in [1.54, 1.807) is 29.4 Å². The zero-order valence-corrected chi connectivity index (χ0v) is 14.1. The van der Waals surface area contributed by atoms with Crippen molar-refractivity contribution in [1.29, 1.82) is 0 Å². The van der Waals surface area contributed by atoms with E-state index in [1.807, 2.05) is 4.90 Å². The first-order valence-corrected chi connectivity index (χ1v) is 9.79. The van der Waals surface area contributed by atoms with Gasteiger partial charge >= 0.3 is 0 Å². The minimum absolute atomic E-state index is 0.253. The maximum Gasteiger partial charge on any atom is 0.232 e. The van der Waals surface area contributed by atoms with Gasteiger partial charge in [-0.1, -0.05) is 11.8 Å². The van der Waals surface area contributed by atoms with Crippen molar-refractivity contribution in [3.8, 4) is 0 Å². The lowest BCUT2D eigenvalue weighted by Gasteiger charge is -2.26. The number of hydrogen-bond donors (Lipinski definition) is 0. The Morgan fingerprint density at radius 1 is 1.18 bits per heavy atom. The van der Waals surface area contributed by atoms with E-state index in [9.17, 15) is 4.79 Å². The largest absolute Gasteiger partial charge is 0.342 e. The smallest absolute Gasteiger partial charge is 0.232 e. The van der Waals surface area contributed by atoms with Crippen LogP contribution in [0.4, 0.5) is 0 Å². The summed E-state index contributed by atoms with van der Waals surface area (Å²) in [5.41, 5.74) is 1.44. The highest BCUT2D eigenvalue weighted by Crippen LogP contribution is 2.40. The van der Waals surface area contributed by atoms with Gasteiger partial charge in [0.15, 0.2) is 0 Å². The molecule has 116 valence electrons. The molecule has 1 aliphatic carbocycles. The fourth-order valence-electron chi connectivity index (χ4n) is 3.37. The molecule has 2 aromatic rings. The molecule has 4 rings (SSSR count). The molecule has 1 amide bonds. The highest BCUT2D eigenvalue weighted by atomic mass is 32.2. The second-order valence-electron chi connectivity index (χ2n) is 5.95. The number of aromatic nitrogens is 2. The Bertz CT molecular complexity index is 707. The Kier molecular flexibility index (Phi) is 4.05. The van der Waals surface area contributed by atoms with Crippen LogP contribution < -0.4 is 0 Å². The van der Waals surface area contributed by atoms with E-state index >= 15 is 0 Å². The number of thiophene rings is 1. The minimum Gasteiger partial charge on any atom is -0.342 e. The number of fused-ring (bicyclic) bond motifs is 3. The zero-order chi connectivity index (χ0) is 14.9. The lowest BCUT2D eigenvalue weighted by molar-refractivity contribution is -0.129. The van der Waals surface area contributed by atoms with E-state index in [0.29, 0.717) is 5.75 Å². The number of nitrogens with zero attached hydrogens (tertiary/aromatic N) is 3. The molecule has 3 heterocycles. The number of amides is 1. The molecule has 0 bridgehead atoms. The van der Waals surface area contributed by atoms with Crippen LogP contribution in [0.15, 0.2) is 11.4 Å². The molecule has 0 saturated carbocycles. The first-order valence-electron chi connectivity index (χ1n) is 7.99. The number of carbonyl (C=O) groups excluding carboxylic acids is 1. The number of likely N-dealkylation sites (tertiary alicyclic amines) is 1. The number of hydrogen-bond acceptors (Lipinski definition) is 5. The number of aryl methyl sites for hydroxylation is 2. The Morgan fingerprint density at radius 3 is 2.91 bits per heavy atom. The van der Waals surface area contributed by atoms with E-state index < -0.39 is 0 Å². The van der Waals surface area contributed by atoms with Crippen molar-refractivity contribution in [1.82, 2.24) is 14.9 Å². The van der Waals surface area contributed by atoms with Gasteiger partial charge in [0.1, 0.15) is 16.2 Å². The standard InChI is InChI=1S/C16H19N3OS2/c20-13(19-7-2-1-3-8-19)9-21-15-14-11-5-4-6-12(11)22-16(14)18-10-17-15/h10H,1-9H2. The second kappa shape index (κ2) is 6.16. The van der Waals surface area contributed by atoms with Crippen LogP contribution >= 0.6 is 23.1 Å². The van der Waals surface area contributed by atoms with Crippen LogP contribution in [0.25, 0.3) is 10.2 Å². The summed E-state index contributed by atoms with van der Waals surface area (Å²) < 4.78 is 0. The first-order chi connectivity index (χ1) is 10.8. The van der Waals surface area contributed by atoms with Gasteiger partial charge in [0.05, 0.1) is 5.75 Å². The third-order valence-corrected chi connectivity index (χ3v) is 6.68. The summed E-state index contributed by atoms with van der Waals surface area (Å²) in [6.07, 6.45) is 8.73. The van der Waals surface area contributed by atoms with Crippen LogP contribution in [-0.4, -0.2) is 39.6 Å². The van der Waals surface area contributed by atoms with Gasteiger partial charge in [0, 0.05) is 23.4 Å². The molecule has 0 radical (unpaired) electrons. The van der Waals surface area contributed by atoms with Crippen molar-refractivity contribution in [3.63, 3.8) is 0 Å². The summed E-state index contributed by atoms with van der Waals surface area (Å²) in [5, 5.41) is 2.21. The highest BCUT2D eigenvalue weighted by molar-refractivity contribution is 8.00. The number of piperidine rings is 1. The monoisotopic (exact) mass is 333 g/mol. The van der Waals surface area contributed by atoms with Crippen LogP contribution in [0.1, 0.15) is 36.1 Å². The Hall–Kier alpha value is -1.14. The Morgan fingerprint density at radius 2 is 2.05 bits per heavy atom. The van der Waals surface area contributed by atoms with Gasteiger partial charge in [-0.15, -0.1) is 11.3 Å². The summed E-state index contributed by atoms with van der Waals surface area (Å²) in [5.74, 6) is 0.750. The van der Waals surface area contributed by atoms with Gasteiger partial charge in [-0.25, -0.2) is 9.97 Å². The van der Waals surface area contributed by atoms with Crippen molar-refractivity contribution >= 4 is 39.2 Å². The van der Waals surface area contributed by atoms with E-state index in [0.717, 1.165) is 42.2 Å². The quantitative estimate of drug-likeness (QED) is 0.639. The Balaban J connectivity index is 1.53. The number of carbonyl (C=O) groups is 1. The molecular formula is C16H19N3OS2. The molecule has 2 aromatic heterocycles. The molecule has 0 aromatic carbocycles. The lowest BCUT2D eigenvalue weighted by Crippen LogP contribution is -2.36. The van der Waals surface area contributed by atoms with E-state index in [-0.39, 0.29) is 5.91 Å². The molecule has 22 heavy (non-hydrogen) atoms. The average Bonchev–Trinajstić information content (AvgIpc) is 3.14. The third-order valence-electron chi connectivity index (χ3n) is 4.51. The molecule has 0 unspecified atom stereocenters. The first kappa shape index (κ1) is 14.5. The van der Waals surface area contributed by atoms with Gasteiger partial charge in [-0.3, -0.25) is 4.79 Å². The summed E-state index contributed by atoms with van der Waals surface area (Å²) in [6, 6.07) is 0. The SMILES string of the molecule is O=C(CSc1ncnc2sc3c(c12)CCC3)N1CCCCC1. The minimum atomic E-state index is 0.253. The van der Waals surface area contributed by atoms with Gasteiger partial charge in [-0.05, 0) is 44.1 Å². The van der Waals surface area contributed by atoms with Gasteiger partial charge in [0.2, 0.25) is 5.91 Å². The van der Waals surface area contributed by atoms with Crippen molar-refractivity contribution in [2.24, 2.45) is 0 Å². The maximum absolute atomic E-state index is 12.3. The molecule has 1 saturated heterocycles. The summed E-state index contributed by atoms with van der Waals surface area (Å²) in [4.78, 5) is 25.8. The number of rotatable bonds is 3. The van der Waals surface area contributed by atoms with E-state index in [4.69, 9.17) is 0 Å². The van der Waals surface area contributed by atoms with Crippen molar-refractivity contribution in [3.05, 3.63) is 16.8 Å². The van der Waals surface area contributed by atoms with E-state index in [1.165, 1.54) is 35.1 Å². The fourth-order valence-corrected chi connectivity index (χ4v) is 5.60.